The molecule has 3 rings (SSSR count). The van der Waals surface area contributed by atoms with E-state index >= 15 is 0 Å². The van der Waals surface area contributed by atoms with Gasteiger partial charge in [-0.05, 0) is 37.3 Å². The van der Waals surface area contributed by atoms with Crippen molar-refractivity contribution in [3.8, 4) is 0 Å². The minimum atomic E-state index is 0.283. The van der Waals surface area contributed by atoms with Crippen molar-refractivity contribution in [1.29, 1.82) is 0 Å². The summed E-state index contributed by atoms with van der Waals surface area (Å²) in [5, 5.41) is 7.16. The van der Waals surface area contributed by atoms with Gasteiger partial charge in [0.05, 0.1) is 0 Å². The number of anilines is 1. The average molecular weight is 243 g/mol. The lowest BCUT2D eigenvalue weighted by molar-refractivity contribution is 0.415. The maximum Gasteiger partial charge on any atom is 0.321 e. The highest BCUT2D eigenvalue weighted by Gasteiger charge is 2.25. The van der Waals surface area contributed by atoms with Crippen molar-refractivity contribution in [1.82, 2.24) is 10.1 Å². The third-order valence-electron chi connectivity index (χ3n) is 3.45. The second-order valence-electron chi connectivity index (χ2n) is 4.63. The van der Waals surface area contributed by atoms with E-state index < -0.39 is 0 Å². The Balaban J connectivity index is 1.92. The number of nitrogens with zero attached hydrogens (tertiary/aromatic N) is 2. The van der Waals surface area contributed by atoms with Crippen LogP contribution in [0.15, 0.2) is 28.8 Å². The molecule has 0 saturated carbocycles. The first kappa shape index (κ1) is 11.3. The maximum atomic E-state index is 5.20. The molecule has 0 bridgehead atoms. The van der Waals surface area contributed by atoms with Crippen LogP contribution in [0.25, 0.3) is 0 Å². The van der Waals surface area contributed by atoms with Gasteiger partial charge in [0.1, 0.15) is 0 Å². The first-order valence-electron chi connectivity index (χ1n) is 6.53. The molecule has 2 aromatic rings. The quantitative estimate of drug-likeness (QED) is 0.900. The van der Waals surface area contributed by atoms with Gasteiger partial charge in [-0.3, -0.25) is 0 Å². The summed E-state index contributed by atoms with van der Waals surface area (Å²) in [4.78, 5) is 4.43. The zero-order chi connectivity index (χ0) is 12.4. The lowest BCUT2D eigenvalue weighted by Gasteiger charge is -2.22. The van der Waals surface area contributed by atoms with Crippen molar-refractivity contribution < 1.29 is 4.52 Å². The second-order valence-corrected chi connectivity index (χ2v) is 4.63. The Morgan fingerprint density at radius 1 is 1.39 bits per heavy atom. The highest BCUT2D eigenvalue weighted by Crippen LogP contribution is 2.35. The molecular weight excluding hydrogens is 226 g/mol. The Kier molecular flexibility index (Phi) is 3.00. The molecule has 1 aromatic carbocycles. The molecule has 94 valence electrons. The monoisotopic (exact) mass is 243 g/mol. The molecule has 1 aromatic heterocycles. The van der Waals surface area contributed by atoms with Crippen LogP contribution < -0.4 is 5.32 Å². The van der Waals surface area contributed by atoms with Crippen molar-refractivity contribution in [2.75, 3.05) is 11.9 Å². The number of benzene rings is 1. The highest BCUT2D eigenvalue weighted by molar-refractivity contribution is 5.36. The minimum absolute atomic E-state index is 0.283. The Morgan fingerprint density at radius 2 is 2.28 bits per heavy atom. The van der Waals surface area contributed by atoms with Crippen molar-refractivity contribution in [2.24, 2.45) is 0 Å². The van der Waals surface area contributed by atoms with E-state index in [0.29, 0.717) is 6.01 Å². The Morgan fingerprint density at radius 3 is 3.17 bits per heavy atom. The van der Waals surface area contributed by atoms with E-state index in [0.717, 1.165) is 25.2 Å². The SMILES string of the molecule is CCNc1nc(C2CCCc3ccccc32)no1. The molecule has 1 aliphatic rings. The molecule has 1 unspecified atom stereocenters. The maximum absolute atomic E-state index is 5.20. The lowest BCUT2D eigenvalue weighted by Crippen LogP contribution is -2.12. The van der Waals surface area contributed by atoms with Gasteiger partial charge in [0.2, 0.25) is 0 Å². The van der Waals surface area contributed by atoms with E-state index in [-0.39, 0.29) is 5.92 Å². The van der Waals surface area contributed by atoms with Crippen LogP contribution in [0.1, 0.15) is 42.6 Å². The Bertz CT molecular complexity index is 535. The summed E-state index contributed by atoms with van der Waals surface area (Å²) in [6, 6.07) is 9.09. The average Bonchev–Trinajstić information content (AvgIpc) is 2.87. The summed E-state index contributed by atoms with van der Waals surface area (Å²) >= 11 is 0. The van der Waals surface area contributed by atoms with Crippen molar-refractivity contribution >= 4 is 6.01 Å². The summed E-state index contributed by atoms with van der Waals surface area (Å²) in [6.07, 6.45) is 3.44. The third kappa shape index (κ3) is 1.98. The van der Waals surface area contributed by atoms with Crippen LogP contribution >= 0.6 is 0 Å². The molecule has 0 spiro atoms. The predicted octanol–water partition coefficient (Wildman–Crippen LogP) is 2.97. The summed E-state index contributed by atoms with van der Waals surface area (Å²) < 4.78 is 5.20. The number of hydrogen-bond acceptors (Lipinski definition) is 4. The van der Waals surface area contributed by atoms with E-state index in [9.17, 15) is 0 Å². The third-order valence-corrected chi connectivity index (χ3v) is 3.45. The molecule has 0 radical (unpaired) electrons. The van der Waals surface area contributed by atoms with Crippen LogP contribution in [-0.4, -0.2) is 16.7 Å². The fourth-order valence-corrected chi connectivity index (χ4v) is 2.62. The van der Waals surface area contributed by atoms with E-state index in [2.05, 4.69) is 39.7 Å². The lowest BCUT2D eigenvalue weighted by atomic mass is 9.82. The predicted molar refractivity (Wildman–Crippen MR) is 69.7 cm³/mol. The van der Waals surface area contributed by atoms with Gasteiger partial charge in [0.15, 0.2) is 5.82 Å². The zero-order valence-corrected chi connectivity index (χ0v) is 10.5. The van der Waals surface area contributed by atoms with Gasteiger partial charge in [0.25, 0.3) is 0 Å². The fourth-order valence-electron chi connectivity index (χ4n) is 2.62. The molecule has 1 aliphatic carbocycles. The van der Waals surface area contributed by atoms with Gasteiger partial charge >= 0.3 is 6.01 Å². The highest BCUT2D eigenvalue weighted by atomic mass is 16.5. The fraction of sp³-hybridized carbons (Fsp3) is 0.429. The van der Waals surface area contributed by atoms with E-state index in [1.165, 1.54) is 17.5 Å². The van der Waals surface area contributed by atoms with Crippen LogP contribution in [0.4, 0.5) is 6.01 Å². The van der Waals surface area contributed by atoms with Crippen molar-refractivity contribution in [3.05, 3.63) is 41.2 Å². The minimum Gasteiger partial charge on any atom is -0.338 e. The number of aromatic nitrogens is 2. The first-order valence-corrected chi connectivity index (χ1v) is 6.53. The first-order chi connectivity index (χ1) is 8.88. The summed E-state index contributed by atoms with van der Waals surface area (Å²) in [6.45, 7) is 2.81. The number of fused-ring (bicyclic) bond motifs is 1. The van der Waals surface area contributed by atoms with Gasteiger partial charge in [-0.15, -0.1) is 0 Å². The normalized spacial score (nSPS) is 18.4. The molecule has 4 nitrogen and oxygen atoms in total. The van der Waals surface area contributed by atoms with Crippen molar-refractivity contribution in [2.45, 2.75) is 32.1 Å². The topological polar surface area (TPSA) is 51.0 Å². The van der Waals surface area contributed by atoms with E-state index in [4.69, 9.17) is 4.52 Å². The molecule has 0 saturated heterocycles. The van der Waals surface area contributed by atoms with Crippen molar-refractivity contribution in [3.63, 3.8) is 0 Å². The number of nitrogens with one attached hydrogen (secondary N) is 1. The standard InChI is InChI=1S/C14H17N3O/c1-2-15-14-16-13(17-18-14)12-9-5-7-10-6-3-4-8-11(10)12/h3-4,6,8,12H,2,5,7,9H2,1H3,(H,15,16,17). The smallest absolute Gasteiger partial charge is 0.321 e. The number of rotatable bonds is 3. The molecular formula is C14H17N3O. The molecule has 18 heavy (non-hydrogen) atoms. The van der Waals surface area contributed by atoms with Gasteiger partial charge in [-0.25, -0.2) is 0 Å². The van der Waals surface area contributed by atoms with Crippen LogP contribution in [0, 0.1) is 0 Å². The van der Waals surface area contributed by atoms with Crippen LogP contribution in [0.2, 0.25) is 0 Å². The Labute approximate surface area is 106 Å². The molecule has 1 heterocycles. The van der Waals surface area contributed by atoms with Gasteiger partial charge in [0, 0.05) is 12.5 Å². The molecule has 0 amide bonds. The van der Waals surface area contributed by atoms with Crippen LogP contribution in [0.5, 0.6) is 0 Å². The molecule has 4 heteroatoms. The van der Waals surface area contributed by atoms with Crippen LogP contribution in [0.3, 0.4) is 0 Å². The zero-order valence-electron chi connectivity index (χ0n) is 10.5. The molecule has 1 N–H and O–H groups in total. The number of hydrogen-bond donors (Lipinski definition) is 1. The van der Waals surface area contributed by atoms with E-state index in [1.807, 2.05) is 6.92 Å². The number of aryl methyl sites for hydroxylation is 1. The molecule has 1 atom stereocenters. The molecule has 0 aliphatic heterocycles. The largest absolute Gasteiger partial charge is 0.338 e. The summed E-state index contributed by atoms with van der Waals surface area (Å²) in [5.41, 5.74) is 2.77. The Hall–Kier alpha value is -1.84. The van der Waals surface area contributed by atoms with Gasteiger partial charge in [-0.1, -0.05) is 29.4 Å². The van der Waals surface area contributed by atoms with E-state index in [1.54, 1.807) is 0 Å². The van der Waals surface area contributed by atoms with Gasteiger partial charge < -0.3 is 9.84 Å². The summed E-state index contributed by atoms with van der Waals surface area (Å²) in [5.74, 6) is 1.09. The second kappa shape index (κ2) is 4.80. The summed E-state index contributed by atoms with van der Waals surface area (Å²) in [7, 11) is 0. The molecule has 0 fully saturated rings. The van der Waals surface area contributed by atoms with Gasteiger partial charge in [-0.2, -0.15) is 4.98 Å². The van der Waals surface area contributed by atoms with Crippen LogP contribution in [-0.2, 0) is 6.42 Å².